The molecular formula is C15H23N3O2S. The van der Waals surface area contributed by atoms with E-state index in [4.69, 9.17) is 5.73 Å². The van der Waals surface area contributed by atoms with Crippen molar-refractivity contribution in [3.8, 4) is 0 Å². The van der Waals surface area contributed by atoms with Crippen molar-refractivity contribution in [1.82, 2.24) is 10.6 Å². The Morgan fingerprint density at radius 2 is 2.24 bits per heavy atom. The number of amides is 2. The monoisotopic (exact) mass is 309 g/mol. The van der Waals surface area contributed by atoms with Crippen molar-refractivity contribution in [2.75, 3.05) is 13.1 Å². The molecule has 1 heterocycles. The van der Waals surface area contributed by atoms with Gasteiger partial charge in [0.1, 0.15) is 0 Å². The molecule has 2 unspecified atom stereocenters. The second kappa shape index (κ2) is 8.14. The Hall–Kier alpha value is -1.40. The Balaban J connectivity index is 1.60. The lowest BCUT2D eigenvalue weighted by molar-refractivity contribution is -0.122. The molecule has 1 aliphatic rings. The van der Waals surface area contributed by atoms with Gasteiger partial charge in [-0.05, 0) is 43.2 Å². The number of carbonyl (C=O) groups excluding carboxylic acids is 2. The number of hydrogen-bond donors (Lipinski definition) is 3. The zero-order valence-corrected chi connectivity index (χ0v) is 13.0. The first kappa shape index (κ1) is 16.0. The van der Waals surface area contributed by atoms with E-state index in [1.165, 1.54) is 11.3 Å². The van der Waals surface area contributed by atoms with Crippen molar-refractivity contribution in [3.05, 3.63) is 22.4 Å². The Labute approximate surface area is 129 Å². The van der Waals surface area contributed by atoms with Crippen LogP contribution in [0.15, 0.2) is 16.8 Å². The predicted molar refractivity (Wildman–Crippen MR) is 84.2 cm³/mol. The summed E-state index contributed by atoms with van der Waals surface area (Å²) in [4.78, 5) is 23.6. The molecule has 0 radical (unpaired) electrons. The third kappa shape index (κ3) is 4.82. The van der Waals surface area contributed by atoms with Crippen LogP contribution < -0.4 is 16.4 Å². The average molecular weight is 309 g/mol. The van der Waals surface area contributed by atoms with Gasteiger partial charge in [0.2, 0.25) is 5.91 Å². The molecule has 0 saturated heterocycles. The summed E-state index contributed by atoms with van der Waals surface area (Å²) in [6.45, 7) is 1.16. The van der Waals surface area contributed by atoms with E-state index in [9.17, 15) is 9.59 Å². The molecule has 6 heteroatoms. The number of nitrogens with one attached hydrogen (secondary N) is 2. The smallest absolute Gasteiger partial charge is 0.252 e. The average Bonchev–Trinajstić information content (AvgIpc) is 3.14. The third-order valence-electron chi connectivity index (χ3n) is 3.96. The molecule has 0 aromatic carbocycles. The van der Waals surface area contributed by atoms with E-state index in [0.717, 1.165) is 19.3 Å². The first-order valence-electron chi connectivity index (χ1n) is 7.50. The summed E-state index contributed by atoms with van der Waals surface area (Å²) in [6.07, 6.45) is 4.38. The molecule has 1 aromatic rings. The number of nitrogens with two attached hydrogens (primary N) is 1. The first-order valence-corrected chi connectivity index (χ1v) is 8.45. The molecule has 1 saturated carbocycles. The van der Waals surface area contributed by atoms with E-state index >= 15 is 0 Å². The summed E-state index contributed by atoms with van der Waals surface area (Å²) in [7, 11) is 0. The summed E-state index contributed by atoms with van der Waals surface area (Å²) < 4.78 is 0. The normalized spacial score (nSPS) is 21.2. The van der Waals surface area contributed by atoms with Gasteiger partial charge in [0, 0.05) is 30.0 Å². The molecule has 0 spiro atoms. The van der Waals surface area contributed by atoms with Crippen LogP contribution in [0.3, 0.4) is 0 Å². The second-order valence-electron chi connectivity index (χ2n) is 5.47. The molecular weight excluding hydrogens is 286 g/mol. The molecule has 5 nitrogen and oxygen atoms in total. The lowest BCUT2D eigenvalue weighted by Crippen LogP contribution is -2.40. The van der Waals surface area contributed by atoms with Crippen LogP contribution in [0, 0.1) is 5.92 Å². The molecule has 1 fully saturated rings. The van der Waals surface area contributed by atoms with Gasteiger partial charge in [0.25, 0.3) is 5.91 Å². The van der Waals surface area contributed by atoms with Crippen LogP contribution >= 0.6 is 11.3 Å². The summed E-state index contributed by atoms with van der Waals surface area (Å²) in [5.74, 6) is 0.410. The fourth-order valence-electron chi connectivity index (χ4n) is 2.73. The van der Waals surface area contributed by atoms with E-state index in [2.05, 4.69) is 10.6 Å². The van der Waals surface area contributed by atoms with Gasteiger partial charge in [0.05, 0.1) is 0 Å². The third-order valence-corrected chi connectivity index (χ3v) is 4.64. The van der Waals surface area contributed by atoms with Crippen LogP contribution in [0.4, 0.5) is 0 Å². The highest BCUT2D eigenvalue weighted by Crippen LogP contribution is 2.24. The number of rotatable bonds is 7. The largest absolute Gasteiger partial charge is 0.353 e. The topological polar surface area (TPSA) is 84.2 Å². The standard InChI is InChI=1S/C15H23N3O2S/c16-9-11-3-1-4-13(11)18-14(19)5-2-7-17-15(20)12-6-8-21-10-12/h6,8,10-11,13H,1-5,7,9,16H2,(H,17,20)(H,18,19). The molecule has 21 heavy (non-hydrogen) atoms. The van der Waals surface area contributed by atoms with Gasteiger partial charge in [-0.15, -0.1) is 0 Å². The van der Waals surface area contributed by atoms with Crippen molar-refractivity contribution in [3.63, 3.8) is 0 Å². The van der Waals surface area contributed by atoms with Gasteiger partial charge in [-0.2, -0.15) is 11.3 Å². The minimum Gasteiger partial charge on any atom is -0.353 e. The highest BCUT2D eigenvalue weighted by molar-refractivity contribution is 7.08. The van der Waals surface area contributed by atoms with E-state index in [-0.39, 0.29) is 17.9 Å². The Bertz CT molecular complexity index is 461. The first-order chi connectivity index (χ1) is 10.2. The second-order valence-corrected chi connectivity index (χ2v) is 6.25. The Kier molecular flexibility index (Phi) is 6.20. The molecule has 116 valence electrons. The van der Waals surface area contributed by atoms with E-state index in [1.807, 2.05) is 10.8 Å². The van der Waals surface area contributed by atoms with Gasteiger partial charge < -0.3 is 16.4 Å². The number of hydrogen-bond acceptors (Lipinski definition) is 4. The van der Waals surface area contributed by atoms with Crippen molar-refractivity contribution in [2.24, 2.45) is 11.7 Å². The molecule has 0 aliphatic heterocycles. The van der Waals surface area contributed by atoms with Gasteiger partial charge >= 0.3 is 0 Å². The minimum absolute atomic E-state index is 0.0603. The summed E-state index contributed by atoms with van der Waals surface area (Å²) in [5, 5.41) is 9.57. The molecule has 2 amide bonds. The number of thiophene rings is 1. The van der Waals surface area contributed by atoms with Crippen molar-refractivity contribution >= 4 is 23.2 Å². The lowest BCUT2D eigenvalue weighted by atomic mass is 10.0. The Morgan fingerprint density at radius 1 is 1.38 bits per heavy atom. The van der Waals surface area contributed by atoms with Gasteiger partial charge in [0.15, 0.2) is 0 Å². The lowest BCUT2D eigenvalue weighted by Gasteiger charge is -2.19. The van der Waals surface area contributed by atoms with Crippen LogP contribution in [0.1, 0.15) is 42.5 Å². The van der Waals surface area contributed by atoms with E-state index in [0.29, 0.717) is 37.4 Å². The Morgan fingerprint density at radius 3 is 2.95 bits per heavy atom. The van der Waals surface area contributed by atoms with Crippen molar-refractivity contribution in [1.29, 1.82) is 0 Å². The highest BCUT2D eigenvalue weighted by atomic mass is 32.1. The fourth-order valence-corrected chi connectivity index (χ4v) is 3.37. The summed E-state index contributed by atoms with van der Waals surface area (Å²) >= 11 is 1.50. The number of carbonyl (C=O) groups is 2. The van der Waals surface area contributed by atoms with Gasteiger partial charge in [-0.25, -0.2) is 0 Å². The van der Waals surface area contributed by atoms with Crippen molar-refractivity contribution < 1.29 is 9.59 Å². The quantitative estimate of drug-likeness (QED) is 0.667. The highest BCUT2D eigenvalue weighted by Gasteiger charge is 2.26. The maximum Gasteiger partial charge on any atom is 0.252 e. The molecule has 1 aliphatic carbocycles. The maximum absolute atomic E-state index is 11.9. The zero-order chi connectivity index (χ0) is 15.1. The molecule has 2 atom stereocenters. The summed E-state index contributed by atoms with van der Waals surface area (Å²) in [5.41, 5.74) is 6.38. The maximum atomic E-state index is 11.9. The SMILES string of the molecule is NCC1CCCC1NC(=O)CCCNC(=O)c1ccsc1. The van der Waals surface area contributed by atoms with Crippen LogP contribution in [-0.2, 0) is 4.79 Å². The van der Waals surface area contributed by atoms with Crippen LogP contribution in [-0.4, -0.2) is 30.9 Å². The van der Waals surface area contributed by atoms with E-state index in [1.54, 1.807) is 6.07 Å². The van der Waals surface area contributed by atoms with Crippen LogP contribution in [0.2, 0.25) is 0 Å². The molecule has 0 bridgehead atoms. The zero-order valence-electron chi connectivity index (χ0n) is 12.1. The fraction of sp³-hybridized carbons (Fsp3) is 0.600. The molecule has 4 N–H and O–H groups in total. The summed E-state index contributed by atoms with van der Waals surface area (Å²) in [6, 6.07) is 2.03. The minimum atomic E-state index is -0.0735. The van der Waals surface area contributed by atoms with Gasteiger partial charge in [-0.3, -0.25) is 9.59 Å². The molecule has 2 rings (SSSR count). The van der Waals surface area contributed by atoms with Gasteiger partial charge in [-0.1, -0.05) is 6.42 Å². The van der Waals surface area contributed by atoms with E-state index < -0.39 is 0 Å². The van der Waals surface area contributed by atoms with Crippen molar-refractivity contribution in [2.45, 2.75) is 38.1 Å². The predicted octanol–water partition coefficient (Wildman–Crippen LogP) is 1.50. The van der Waals surface area contributed by atoms with Crippen LogP contribution in [0.5, 0.6) is 0 Å². The molecule has 1 aromatic heterocycles. The van der Waals surface area contributed by atoms with Crippen LogP contribution in [0.25, 0.3) is 0 Å².